The second-order valence-corrected chi connectivity index (χ2v) is 8.00. The molecule has 3 atom stereocenters. The fourth-order valence-electron chi connectivity index (χ4n) is 2.86. The van der Waals surface area contributed by atoms with E-state index in [1.807, 2.05) is 6.07 Å². The quantitative estimate of drug-likeness (QED) is 0.922. The highest BCUT2D eigenvalue weighted by Crippen LogP contribution is 2.55. The van der Waals surface area contributed by atoms with Crippen molar-refractivity contribution in [3.8, 4) is 6.07 Å². The fourth-order valence-corrected chi connectivity index (χ4v) is 5.17. The van der Waals surface area contributed by atoms with E-state index < -0.39 is 32.4 Å². The molecule has 0 amide bonds. The third-order valence-electron chi connectivity index (χ3n) is 4.06. The van der Waals surface area contributed by atoms with E-state index in [0.29, 0.717) is 10.6 Å². The molecule has 118 valence electrons. The van der Waals surface area contributed by atoms with Gasteiger partial charge in [0.15, 0.2) is 9.84 Å². The summed E-state index contributed by atoms with van der Waals surface area (Å²) in [5, 5.41) is 8.62. The summed E-state index contributed by atoms with van der Waals surface area (Å²) in [6, 6.07) is 13.0. The Hall–Kier alpha value is -1.94. The monoisotopic (exact) mass is 350 g/mol. The molecule has 1 saturated carbocycles. The number of nitrogens with zero attached hydrogens (tertiary/aromatic N) is 1. The van der Waals surface area contributed by atoms with Crippen LogP contribution in [-0.2, 0) is 9.84 Å². The van der Waals surface area contributed by atoms with Gasteiger partial charge in [-0.1, -0.05) is 23.7 Å². The Kier molecular flexibility index (Phi) is 3.68. The summed E-state index contributed by atoms with van der Waals surface area (Å²) in [5.74, 6) is -1.28. The first-order valence-corrected chi connectivity index (χ1v) is 8.68. The third-order valence-corrected chi connectivity index (χ3v) is 6.57. The minimum atomic E-state index is -3.84. The highest BCUT2D eigenvalue weighted by molar-refractivity contribution is 7.92. The predicted molar refractivity (Wildman–Crippen MR) is 84.1 cm³/mol. The van der Waals surface area contributed by atoms with Crippen LogP contribution >= 0.6 is 11.6 Å². The molecule has 2 N–H and O–H groups in total. The van der Waals surface area contributed by atoms with Gasteiger partial charge in [-0.2, -0.15) is 5.26 Å². The van der Waals surface area contributed by atoms with Gasteiger partial charge >= 0.3 is 0 Å². The highest BCUT2D eigenvalue weighted by atomic mass is 35.5. The van der Waals surface area contributed by atoms with E-state index >= 15 is 0 Å². The number of benzene rings is 2. The van der Waals surface area contributed by atoms with Gasteiger partial charge in [0.1, 0.15) is 16.6 Å². The molecule has 1 aliphatic rings. The summed E-state index contributed by atoms with van der Waals surface area (Å²) in [6.07, 6.45) is 0. The molecule has 0 aromatic heterocycles. The van der Waals surface area contributed by atoms with Crippen molar-refractivity contribution in [2.75, 3.05) is 0 Å². The highest BCUT2D eigenvalue weighted by Gasteiger charge is 2.70. The van der Waals surface area contributed by atoms with Crippen molar-refractivity contribution in [2.24, 2.45) is 5.73 Å². The molecule has 3 rings (SSSR count). The fraction of sp³-hybridized carbons (Fsp3) is 0.188. The van der Waals surface area contributed by atoms with Gasteiger partial charge in [0.25, 0.3) is 0 Å². The SMILES string of the molecule is N#C[C@]1(N)[C@H](c2cccc(F)c2)[C@H]1S(=O)(=O)c1ccc(Cl)cc1. The van der Waals surface area contributed by atoms with Crippen molar-refractivity contribution in [3.63, 3.8) is 0 Å². The smallest absolute Gasteiger partial charge is 0.184 e. The van der Waals surface area contributed by atoms with Gasteiger partial charge in [0.05, 0.1) is 11.0 Å². The van der Waals surface area contributed by atoms with Gasteiger partial charge in [-0.05, 0) is 42.0 Å². The normalized spacial score (nSPS) is 26.5. The zero-order chi connectivity index (χ0) is 16.8. The first-order valence-electron chi connectivity index (χ1n) is 6.76. The maximum atomic E-state index is 13.4. The van der Waals surface area contributed by atoms with Crippen LogP contribution in [-0.4, -0.2) is 19.2 Å². The molecule has 0 spiro atoms. The largest absolute Gasteiger partial charge is 0.312 e. The molecule has 2 aromatic rings. The number of nitriles is 1. The lowest BCUT2D eigenvalue weighted by Gasteiger charge is -2.04. The number of halogens is 2. The number of hydrogen-bond acceptors (Lipinski definition) is 4. The lowest BCUT2D eigenvalue weighted by molar-refractivity contribution is 0.591. The van der Waals surface area contributed by atoms with Crippen LogP contribution in [0.1, 0.15) is 11.5 Å². The Morgan fingerprint density at radius 3 is 2.43 bits per heavy atom. The predicted octanol–water partition coefficient (Wildman–Crippen LogP) is 2.64. The van der Waals surface area contributed by atoms with Crippen molar-refractivity contribution in [3.05, 3.63) is 64.9 Å². The Labute approximate surface area is 138 Å². The van der Waals surface area contributed by atoms with Crippen molar-refractivity contribution in [1.82, 2.24) is 0 Å². The molecule has 0 heterocycles. The molecule has 23 heavy (non-hydrogen) atoms. The zero-order valence-corrected chi connectivity index (χ0v) is 13.4. The standard InChI is InChI=1S/C16H12ClFN2O2S/c17-11-4-6-13(7-5-11)23(21,22)15-14(16(15,20)9-19)10-2-1-3-12(18)8-10/h1-8,14-15H,20H2/t14-,15-,16+/m1/s1. The number of nitrogens with two attached hydrogens (primary N) is 1. The summed E-state index contributed by atoms with van der Waals surface area (Å²) >= 11 is 5.77. The van der Waals surface area contributed by atoms with Crippen LogP contribution in [0.25, 0.3) is 0 Å². The molecule has 0 unspecified atom stereocenters. The molecule has 0 aliphatic heterocycles. The van der Waals surface area contributed by atoms with Crippen molar-refractivity contribution >= 4 is 21.4 Å². The maximum absolute atomic E-state index is 13.4. The van der Waals surface area contributed by atoms with Gasteiger partial charge in [-0.25, -0.2) is 12.8 Å². The molecule has 1 aliphatic carbocycles. The van der Waals surface area contributed by atoms with Crippen LogP contribution in [0.5, 0.6) is 0 Å². The first kappa shape index (κ1) is 15.9. The van der Waals surface area contributed by atoms with Crippen LogP contribution in [0.15, 0.2) is 53.4 Å². The van der Waals surface area contributed by atoms with Gasteiger partial charge in [-0.3, -0.25) is 0 Å². The minimum Gasteiger partial charge on any atom is -0.312 e. The Bertz CT molecular complexity index is 908. The van der Waals surface area contributed by atoms with Gasteiger partial charge in [0.2, 0.25) is 0 Å². The molecular weight excluding hydrogens is 339 g/mol. The average molecular weight is 351 g/mol. The molecule has 0 saturated heterocycles. The van der Waals surface area contributed by atoms with Crippen LogP contribution in [0.4, 0.5) is 4.39 Å². The van der Waals surface area contributed by atoms with E-state index in [2.05, 4.69) is 0 Å². The summed E-state index contributed by atoms with van der Waals surface area (Å²) in [5.41, 5.74) is 4.80. The van der Waals surface area contributed by atoms with E-state index in [4.69, 9.17) is 17.3 Å². The second-order valence-electron chi connectivity index (χ2n) is 5.50. The summed E-state index contributed by atoms with van der Waals surface area (Å²) < 4.78 is 39.0. The Balaban J connectivity index is 2.05. The third kappa shape index (κ3) is 2.51. The van der Waals surface area contributed by atoms with Crippen molar-refractivity contribution < 1.29 is 12.8 Å². The summed E-state index contributed by atoms with van der Waals surface area (Å²) in [7, 11) is -3.84. The lowest BCUT2D eigenvalue weighted by atomic mass is 10.1. The van der Waals surface area contributed by atoms with E-state index in [1.54, 1.807) is 6.07 Å². The topological polar surface area (TPSA) is 83.9 Å². The van der Waals surface area contributed by atoms with Crippen molar-refractivity contribution in [1.29, 1.82) is 5.26 Å². The maximum Gasteiger partial charge on any atom is 0.184 e. The molecule has 4 nitrogen and oxygen atoms in total. The zero-order valence-electron chi connectivity index (χ0n) is 11.8. The second kappa shape index (κ2) is 5.31. The van der Waals surface area contributed by atoms with E-state index in [1.165, 1.54) is 42.5 Å². The van der Waals surface area contributed by atoms with Crippen LogP contribution in [0.2, 0.25) is 5.02 Å². The van der Waals surface area contributed by atoms with Crippen LogP contribution < -0.4 is 5.73 Å². The lowest BCUT2D eigenvalue weighted by Crippen LogP contribution is -2.29. The number of rotatable bonds is 3. The van der Waals surface area contributed by atoms with Crippen LogP contribution in [0.3, 0.4) is 0 Å². The minimum absolute atomic E-state index is 0.0379. The van der Waals surface area contributed by atoms with E-state index in [0.717, 1.165) is 0 Å². The molecule has 0 radical (unpaired) electrons. The summed E-state index contributed by atoms with van der Waals surface area (Å²) in [6.45, 7) is 0. The first-order chi connectivity index (χ1) is 10.8. The molecule has 7 heteroatoms. The van der Waals surface area contributed by atoms with Gasteiger partial charge in [-0.15, -0.1) is 0 Å². The molecule has 0 bridgehead atoms. The van der Waals surface area contributed by atoms with Crippen LogP contribution in [0, 0.1) is 17.1 Å². The molecule has 1 fully saturated rings. The average Bonchev–Trinajstić information content (AvgIpc) is 3.15. The van der Waals surface area contributed by atoms with E-state index in [-0.39, 0.29) is 4.90 Å². The summed E-state index contributed by atoms with van der Waals surface area (Å²) in [4.78, 5) is 0.0379. The number of sulfone groups is 1. The molecule has 2 aromatic carbocycles. The molecular formula is C16H12ClFN2O2S. The van der Waals surface area contributed by atoms with E-state index in [9.17, 15) is 18.1 Å². The van der Waals surface area contributed by atoms with Gasteiger partial charge in [0, 0.05) is 10.9 Å². The number of hydrogen-bond donors (Lipinski definition) is 1. The van der Waals surface area contributed by atoms with Crippen molar-refractivity contribution in [2.45, 2.75) is 21.6 Å². The Morgan fingerprint density at radius 1 is 1.22 bits per heavy atom. The Morgan fingerprint density at radius 2 is 1.87 bits per heavy atom. The van der Waals surface area contributed by atoms with Gasteiger partial charge < -0.3 is 5.73 Å².